The first kappa shape index (κ1) is 12.0. The third kappa shape index (κ3) is 1.83. The van der Waals surface area contributed by atoms with Gasteiger partial charge in [0.1, 0.15) is 0 Å². The van der Waals surface area contributed by atoms with Crippen LogP contribution in [0.5, 0.6) is 0 Å². The standard InChI is InChI=1S/C16H24N2/c1-13-5-4-9-16(11-13,12-17)18-10-8-14-6-2-3-7-15(14)18/h2-3,6-7,13H,4-5,8-12,17H2,1H3. The second-order valence-corrected chi connectivity index (χ2v) is 6.16. The lowest BCUT2D eigenvalue weighted by Gasteiger charge is -2.47. The van der Waals surface area contributed by atoms with Gasteiger partial charge in [0.2, 0.25) is 0 Å². The van der Waals surface area contributed by atoms with Crippen LogP contribution in [0.15, 0.2) is 24.3 Å². The highest BCUT2D eigenvalue weighted by atomic mass is 15.2. The van der Waals surface area contributed by atoms with Crippen molar-refractivity contribution >= 4 is 5.69 Å². The number of rotatable bonds is 2. The Kier molecular flexibility index (Phi) is 3.06. The molecule has 0 saturated heterocycles. The van der Waals surface area contributed by atoms with Gasteiger partial charge in [0.25, 0.3) is 0 Å². The summed E-state index contributed by atoms with van der Waals surface area (Å²) in [6.07, 6.45) is 6.42. The predicted molar refractivity (Wildman–Crippen MR) is 76.9 cm³/mol. The van der Waals surface area contributed by atoms with Gasteiger partial charge in [0.15, 0.2) is 0 Å². The van der Waals surface area contributed by atoms with E-state index in [9.17, 15) is 0 Å². The molecule has 1 heterocycles. The van der Waals surface area contributed by atoms with E-state index in [1.54, 1.807) is 0 Å². The molecule has 1 aliphatic heterocycles. The summed E-state index contributed by atoms with van der Waals surface area (Å²) >= 11 is 0. The molecule has 2 N–H and O–H groups in total. The largest absolute Gasteiger partial charge is 0.364 e. The quantitative estimate of drug-likeness (QED) is 0.866. The van der Waals surface area contributed by atoms with Crippen LogP contribution in [0.3, 0.4) is 0 Å². The second kappa shape index (κ2) is 4.58. The van der Waals surface area contributed by atoms with Crippen molar-refractivity contribution in [3.05, 3.63) is 29.8 Å². The Morgan fingerprint density at radius 1 is 1.39 bits per heavy atom. The molecule has 1 aliphatic carbocycles. The summed E-state index contributed by atoms with van der Waals surface area (Å²) < 4.78 is 0. The summed E-state index contributed by atoms with van der Waals surface area (Å²) in [5.41, 5.74) is 9.37. The van der Waals surface area contributed by atoms with Gasteiger partial charge in [-0.3, -0.25) is 0 Å². The Bertz CT molecular complexity index is 429. The van der Waals surface area contributed by atoms with Gasteiger partial charge in [-0.15, -0.1) is 0 Å². The lowest BCUT2D eigenvalue weighted by molar-refractivity contribution is 0.230. The van der Waals surface area contributed by atoms with Gasteiger partial charge in [-0.1, -0.05) is 38.0 Å². The van der Waals surface area contributed by atoms with Crippen LogP contribution in [0.1, 0.15) is 38.2 Å². The van der Waals surface area contributed by atoms with Crippen LogP contribution in [-0.4, -0.2) is 18.6 Å². The Balaban J connectivity index is 1.94. The molecule has 2 unspecified atom stereocenters. The van der Waals surface area contributed by atoms with Crippen LogP contribution >= 0.6 is 0 Å². The van der Waals surface area contributed by atoms with E-state index in [2.05, 4.69) is 36.1 Å². The molecule has 1 fully saturated rings. The van der Waals surface area contributed by atoms with Gasteiger partial charge in [-0.05, 0) is 36.8 Å². The highest BCUT2D eigenvalue weighted by Crippen LogP contribution is 2.42. The lowest BCUT2D eigenvalue weighted by atomic mass is 9.75. The molecule has 0 bridgehead atoms. The molecule has 0 radical (unpaired) electrons. The predicted octanol–water partition coefficient (Wildman–Crippen LogP) is 2.96. The van der Waals surface area contributed by atoms with Crippen molar-refractivity contribution in [1.82, 2.24) is 0 Å². The van der Waals surface area contributed by atoms with Gasteiger partial charge >= 0.3 is 0 Å². The first-order chi connectivity index (χ1) is 8.75. The number of hydrogen-bond donors (Lipinski definition) is 1. The molecule has 0 amide bonds. The number of anilines is 1. The number of fused-ring (bicyclic) bond motifs is 1. The smallest absolute Gasteiger partial charge is 0.0526 e. The van der Waals surface area contributed by atoms with E-state index in [-0.39, 0.29) is 5.54 Å². The third-order valence-electron chi connectivity index (χ3n) is 4.91. The van der Waals surface area contributed by atoms with E-state index in [4.69, 9.17) is 5.73 Å². The van der Waals surface area contributed by atoms with Crippen molar-refractivity contribution in [1.29, 1.82) is 0 Å². The van der Waals surface area contributed by atoms with Crippen molar-refractivity contribution in [2.24, 2.45) is 11.7 Å². The van der Waals surface area contributed by atoms with Crippen molar-refractivity contribution in [2.45, 2.75) is 44.6 Å². The van der Waals surface area contributed by atoms with Gasteiger partial charge < -0.3 is 10.6 Å². The maximum atomic E-state index is 6.20. The molecule has 1 aromatic rings. The topological polar surface area (TPSA) is 29.3 Å². The molecule has 1 saturated carbocycles. The maximum Gasteiger partial charge on any atom is 0.0526 e. The van der Waals surface area contributed by atoms with Gasteiger partial charge in [-0.25, -0.2) is 0 Å². The van der Waals surface area contributed by atoms with Crippen LogP contribution in [0.25, 0.3) is 0 Å². The number of nitrogens with zero attached hydrogens (tertiary/aromatic N) is 1. The Morgan fingerprint density at radius 2 is 2.22 bits per heavy atom. The van der Waals surface area contributed by atoms with Crippen molar-refractivity contribution in [3.8, 4) is 0 Å². The molecule has 2 nitrogen and oxygen atoms in total. The molecule has 98 valence electrons. The van der Waals surface area contributed by atoms with Crippen molar-refractivity contribution < 1.29 is 0 Å². The molecule has 3 rings (SSSR count). The van der Waals surface area contributed by atoms with Crippen LogP contribution in [0, 0.1) is 5.92 Å². The zero-order valence-corrected chi connectivity index (χ0v) is 11.4. The normalized spacial score (nSPS) is 31.4. The fourth-order valence-corrected chi connectivity index (χ4v) is 4.00. The monoisotopic (exact) mass is 244 g/mol. The molecular weight excluding hydrogens is 220 g/mol. The maximum absolute atomic E-state index is 6.20. The zero-order valence-electron chi connectivity index (χ0n) is 11.4. The first-order valence-electron chi connectivity index (χ1n) is 7.31. The highest BCUT2D eigenvalue weighted by Gasteiger charge is 2.41. The summed E-state index contributed by atoms with van der Waals surface area (Å²) in [6.45, 7) is 4.33. The van der Waals surface area contributed by atoms with Crippen LogP contribution < -0.4 is 10.6 Å². The highest BCUT2D eigenvalue weighted by molar-refractivity contribution is 5.60. The zero-order chi connectivity index (χ0) is 12.6. The van der Waals surface area contributed by atoms with Gasteiger partial charge in [-0.2, -0.15) is 0 Å². The van der Waals surface area contributed by atoms with E-state index in [0.29, 0.717) is 0 Å². The molecular formula is C16H24N2. The Morgan fingerprint density at radius 3 is 3.00 bits per heavy atom. The van der Waals surface area contributed by atoms with E-state index in [1.165, 1.54) is 43.4 Å². The Labute approximate surface area is 110 Å². The molecule has 2 heteroatoms. The van der Waals surface area contributed by atoms with Crippen molar-refractivity contribution in [3.63, 3.8) is 0 Å². The number of nitrogens with two attached hydrogens (primary N) is 1. The molecule has 18 heavy (non-hydrogen) atoms. The lowest BCUT2D eigenvalue weighted by Crippen LogP contribution is -2.56. The van der Waals surface area contributed by atoms with Crippen LogP contribution in [-0.2, 0) is 6.42 Å². The SMILES string of the molecule is CC1CCCC(CN)(N2CCc3ccccc32)C1. The molecule has 2 aliphatic rings. The van der Waals surface area contributed by atoms with E-state index in [1.807, 2.05) is 0 Å². The van der Waals surface area contributed by atoms with Crippen molar-refractivity contribution in [2.75, 3.05) is 18.0 Å². The number of para-hydroxylation sites is 1. The summed E-state index contributed by atoms with van der Waals surface area (Å²) in [6, 6.07) is 8.86. The minimum Gasteiger partial charge on any atom is -0.364 e. The molecule has 2 atom stereocenters. The minimum atomic E-state index is 0.226. The average Bonchev–Trinajstić information content (AvgIpc) is 2.83. The molecule has 0 spiro atoms. The molecule has 1 aromatic carbocycles. The molecule has 0 aromatic heterocycles. The summed E-state index contributed by atoms with van der Waals surface area (Å²) in [7, 11) is 0. The fraction of sp³-hybridized carbons (Fsp3) is 0.625. The summed E-state index contributed by atoms with van der Waals surface area (Å²) in [4.78, 5) is 2.62. The average molecular weight is 244 g/mol. The number of benzene rings is 1. The van der Waals surface area contributed by atoms with Gasteiger partial charge in [0.05, 0.1) is 5.54 Å². The van der Waals surface area contributed by atoms with Gasteiger partial charge in [0, 0.05) is 18.8 Å². The Hall–Kier alpha value is -1.02. The van der Waals surface area contributed by atoms with E-state index >= 15 is 0 Å². The van der Waals surface area contributed by atoms with E-state index in [0.717, 1.165) is 19.0 Å². The van der Waals surface area contributed by atoms with E-state index < -0.39 is 0 Å². The summed E-state index contributed by atoms with van der Waals surface area (Å²) in [5, 5.41) is 0. The number of hydrogen-bond acceptors (Lipinski definition) is 2. The minimum absolute atomic E-state index is 0.226. The van der Waals surface area contributed by atoms with Crippen LogP contribution in [0.4, 0.5) is 5.69 Å². The second-order valence-electron chi connectivity index (χ2n) is 6.16. The summed E-state index contributed by atoms with van der Waals surface area (Å²) in [5.74, 6) is 0.815. The fourth-order valence-electron chi connectivity index (χ4n) is 4.00. The first-order valence-corrected chi connectivity index (χ1v) is 7.31. The van der Waals surface area contributed by atoms with Crippen LogP contribution in [0.2, 0.25) is 0 Å². The third-order valence-corrected chi connectivity index (χ3v) is 4.91.